The molecule has 0 aliphatic carbocycles. The number of aryl methyl sites for hydroxylation is 1. The quantitative estimate of drug-likeness (QED) is 0.422. The van der Waals surface area contributed by atoms with Crippen LogP contribution in [0.5, 0.6) is 0 Å². The predicted molar refractivity (Wildman–Crippen MR) is 129 cm³/mol. The van der Waals surface area contributed by atoms with Gasteiger partial charge < -0.3 is 10.2 Å². The number of fused-ring (bicyclic) bond motifs is 1. The van der Waals surface area contributed by atoms with E-state index in [-0.39, 0.29) is 18.4 Å². The van der Waals surface area contributed by atoms with E-state index in [9.17, 15) is 0 Å². The van der Waals surface area contributed by atoms with E-state index in [2.05, 4.69) is 35.1 Å². The van der Waals surface area contributed by atoms with Crippen LogP contribution in [0.1, 0.15) is 35.3 Å². The van der Waals surface area contributed by atoms with Crippen molar-refractivity contribution >= 4 is 64.7 Å². The first-order valence-electron chi connectivity index (χ1n) is 9.46. The maximum atomic E-state index is 6.42. The number of rotatable bonds is 3. The molecule has 0 spiro atoms. The van der Waals surface area contributed by atoms with Crippen LogP contribution < -0.4 is 10.2 Å². The first-order valence-corrected chi connectivity index (χ1v) is 10.6. The average Bonchev–Trinajstić information content (AvgIpc) is 2.69. The lowest BCUT2D eigenvalue weighted by molar-refractivity contribution is 0.614. The van der Waals surface area contributed by atoms with Crippen LogP contribution in [-0.2, 0) is 6.42 Å². The Morgan fingerprint density at radius 3 is 2.50 bits per heavy atom. The van der Waals surface area contributed by atoms with Crippen LogP contribution in [0.2, 0.25) is 15.1 Å². The summed E-state index contributed by atoms with van der Waals surface area (Å²) in [5, 5.41) is 5.09. The summed E-state index contributed by atoms with van der Waals surface area (Å²) in [5.41, 5.74) is 5.27. The zero-order valence-electron chi connectivity index (χ0n) is 16.8. The Hall–Kier alpha value is -1.72. The predicted octanol–water partition coefficient (Wildman–Crippen LogP) is 7.34. The molecule has 0 saturated heterocycles. The van der Waals surface area contributed by atoms with Crippen molar-refractivity contribution in [1.82, 2.24) is 9.97 Å². The molecule has 1 unspecified atom stereocenters. The van der Waals surface area contributed by atoms with E-state index in [1.807, 2.05) is 25.1 Å². The fourth-order valence-electron chi connectivity index (χ4n) is 3.77. The summed E-state index contributed by atoms with van der Waals surface area (Å²) >= 11 is 18.6. The van der Waals surface area contributed by atoms with Gasteiger partial charge >= 0.3 is 0 Å². The summed E-state index contributed by atoms with van der Waals surface area (Å²) in [4.78, 5) is 11.8. The summed E-state index contributed by atoms with van der Waals surface area (Å²) in [7, 11) is 0. The van der Waals surface area contributed by atoms with Gasteiger partial charge in [0, 0.05) is 28.5 Å². The van der Waals surface area contributed by atoms with Crippen molar-refractivity contribution in [2.45, 2.75) is 33.2 Å². The fraction of sp³-hybridized carbons (Fsp3) is 0.273. The van der Waals surface area contributed by atoms with E-state index in [1.54, 1.807) is 12.1 Å². The maximum Gasteiger partial charge on any atom is 0.229 e. The zero-order valence-corrected chi connectivity index (χ0v) is 19.9. The Bertz CT molecular complexity index is 1090. The van der Waals surface area contributed by atoms with E-state index in [1.165, 1.54) is 11.1 Å². The second-order valence-corrected chi connectivity index (χ2v) is 8.48. The molecule has 2 heterocycles. The molecule has 0 bridgehead atoms. The van der Waals surface area contributed by atoms with Crippen LogP contribution in [0.4, 0.5) is 17.5 Å². The van der Waals surface area contributed by atoms with Gasteiger partial charge in [-0.25, -0.2) is 4.98 Å². The second kappa shape index (κ2) is 9.19. The van der Waals surface area contributed by atoms with Gasteiger partial charge in [0.25, 0.3) is 0 Å². The number of nitrogens with zero attached hydrogens (tertiary/aromatic N) is 3. The molecule has 0 amide bonds. The number of benzene rings is 2. The van der Waals surface area contributed by atoms with Crippen LogP contribution in [0.15, 0.2) is 36.4 Å². The minimum absolute atomic E-state index is 0. The van der Waals surface area contributed by atoms with Gasteiger partial charge in [-0.15, -0.1) is 12.4 Å². The van der Waals surface area contributed by atoms with E-state index in [0.29, 0.717) is 16.0 Å². The van der Waals surface area contributed by atoms with Crippen molar-refractivity contribution in [3.8, 4) is 0 Å². The normalized spacial score (nSPS) is 15.4. The number of anilines is 3. The largest absolute Gasteiger partial charge is 0.349 e. The number of aromatic nitrogens is 2. The smallest absolute Gasteiger partial charge is 0.229 e. The highest BCUT2D eigenvalue weighted by Gasteiger charge is 2.28. The molecule has 1 aliphatic rings. The molecule has 3 aromatic rings. The molecule has 1 aliphatic heterocycles. The Kier molecular flexibility index (Phi) is 7.03. The molecule has 1 atom stereocenters. The van der Waals surface area contributed by atoms with Crippen LogP contribution >= 0.6 is 47.2 Å². The SMILES string of the molecule is Cc1nc(Nc2ccc(Cl)c(Cl)c2)nc(N2CCc3c(Cl)cccc3C2C)c1C.Cl. The summed E-state index contributed by atoms with van der Waals surface area (Å²) < 4.78 is 0. The first-order chi connectivity index (χ1) is 13.8. The van der Waals surface area contributed by atoms with Gasteiger partial charge in [0.2, 0.25) is 5.95 Å². The summed E-state index contributed by atoms with van der Waals surface area (Å²) in [6.45, 7) is 7.10. The molecule has 30 heavy (non-hydrogen) atoms. The third kappa shape index (κ3) is 4.33. The Labute approximate surface area is 198 Å². The molecule has 4 nitrogen and oxygen atoms in total. The summed E-state index contributed by atoms with van der Waals surface area (Å²) in [5.74, 6) is 1.46. The molecule has 0 radical (unpaired) electrons. The van der Waals surface area contributed by atoms with E-state index in [0.717, 1.165) is 40.8 Å². The van der Waals surface area contributed by atoms with E-state index >= 15 is 0 Å². The molecule has 1 N–H and O–H groups in total. The van der Waals surface area contributed by atoms with Crippen molar-refractivity contribution < 1.29 is 0 Å². The van der Waals surface area contributed by atoms with Crippen LogP contribution in [0.25, 0.3) is 0 Å². The van der Waals surface area contributed by atoms with Crippen LogP contribution in [-0.4, -0.2) is 16.5 Å². The lowest BCUT2D eigenvalue weighted by Gasteiger charge is -2.37. The monoisotopic (exact) mass is 482 g/mol. The standard InChI is InChI=1S/C22H21Cl3N4.ClH/c1-12-13(2)26-22(27-15-7-8-19(24)20(25)11-15)28-21(12)29-10-9-17-16(14(29)3)5-4-6-18(17)23;/h4-8,11,14H,9-10H2,1-3H3,(H,26,27,28);1H. The molecule has 0 saturated carbocycles. The Morgan fingerprint density at radius 1 is 1.00 bits per heavy atom. The summed E-state index contributed by atoms with van der Waals surface area (Å²) in [6.07, 6.45) is 0.886. The Balaban J connectivity index is 0.00000256. The highest BCUT2D eigenvalue weighted by atomic mass is 35.5. The Morgan fingerprint density at radius 2 is 1.77 bits per heavy atom. The average molecular weight is 484 g/mol. The van der Waals surface area contributed by atoms with Crippen molar-refractivity contribution in [2.24, 2.45) is 0 Å². The van der Waals surface area contributed by atoms with Gasteiger partial charge in [0.1, 0.15) is 5.82 Å². The van der Waals surface area contributed by atoms with Gasteiger partial charge in [-0.1, -0.05) is 46.9 Å². The molecule has 2 aromatic carbocycles. The molecular formula is C22H22Cl4N4. The lowest BCUT2D eigenvalue weighted by atomic mass is 9.93. The first kappa shape index (κ1) is 23.0. The highest BCUT2D eigenvalue weighted by molar-refractivity contribution is 6.42. The third-order valence-electron chi connectivity index (χ3n) is 5.49. The number of nitrogens with one attached hydrogen (secondary N) is 1. The van der Waals surface area contributed by atoms with Crippen molar-refractivity contribution in [3.05, 3.63) is 73.9 Å². The van der Waals surface area contributed by atoms with E-state index in [4.69, 9.17) is 39.8 Å². The van der Waals surface area contributed by atoms with Crippen LogP contribution in [0, 0.1) is 13.8 Å². The van der Waals surface area contributed by atoms with Gasteiger partial charge in [-0.2, -0.15) is 4.98 Å². The molecular weight excluding hydrogens is 462 g/mol. The van der Waals surface area contributed by atoms with Gasteiger partial charge in [0.05, 0.1) is 16.1 Å². The van der Waals surface area contributed by atoms with Gasteiger partial charge in [-0.05, 0) is 62.6 Å². The maximum absolute atomic E-state index is 6.42. The fourth-order valence-corrected chi connectivity index (χ4v) is 4.34. The van der Waals surface area contributed by atoms with Gasteiger partial charge in [0.15, 0.2) is 0 Å². The molecule has 158 valence electrons. The van der Waals surface area contributed by atoms with Crippen molar-refractivity contribution in [3.63, 3.8) is 0 Å². The van der Waals surface area contributed by atoms with E-state index < -0.39 is 0 Å². The molecule has 8 heteroatoms. The second-order valence-electron chi connectivity index (χ2n) is 7.26. The van der Waals surface area contributed by atoms with Crippen LogP contribution in [0.3, 0.4) is 0 Å². The number of hydrogen-bond acceptors (Lipinski definition) is 4. The topological polar surface area (TPSA) is 41.1 Å². The molecule has 0 fully saturated rings. The molecule has 1 aromatic heterocycles. The minimum Gasteiger partial charge on any atom is -0.349 e. The van der Waals surface area contributed by atoms with Crippen molar-refractivity contribution in [1.29, 1.82) is 0 Å². The number of halogens is 4. The third-order valence-corrected chi connectivity index (χ3v) is 6.58. The summed E-state index contributed by atoms with van der Waals surface area (Å²) in [6, 6.07) is 11.7. The molecule has 4 rings (SSSR count). The highest BCUT2D eigenvalue weighted by Crippen LogP contribution is 2.37. The number of hydrogen-bond donors (Lipinski definition) is 1. The van der Waals surface area contributed by atoms with Crippen molar-refractivity contribution in [2.75, 3.05) is 16.8 Å². The minimum atomic E-state index is 0. The van der Waals surface area contributed by atoms with Gasteiger partial charge in [-0.3, -0.25) is 0 Å². The lowest BCUT2D eigenvalue weighted by Crippen LogP contribution is -2.35. The zero-order chi connectivity index (χ0) is 20.7.